The van der Waals surface area contributed by atoms with Crippen molar-refractivity contribution < 1.29 is 14.3 Å². The van der Waals surface area contributed by atoms with Gasteiger partial charge in [-0.1, -0.05) is 48.0 Å². The minimum Gasteiger partial charge on any atom is -0.465 e. The molecular formula is C21H20N2O3S. The Hall–Kier alpha value is -3.12. The molecule has 3 aromatic rings. The number of carbonyl (C=O) groups is 2. The molecule has 27 heavy (non-hydrogen) atoms. The van der Waals surface area contributed by atoms with Crippen LogP contribution in [0, 0.1) is 13.8 Å². The van der Waals surface area contributed by atoms with Gasteiger partial charge in [0.05, 0.1) is 7.11 Å². The Balaban J connectivity index is 1.95. The third-order valence-electron chi connectivity index (χ3n) is 4.07. The van der Waals surface area contributed by atoms with Crippen LogP contribution in [-0.2, 0) is 4.74 Å². The summed E-state index contributed by atoms with van der Waals surface area (Å²) in [6.45, 7) is 3.93. The van der Waals surface area contributed by atoms with Gasteiger partial charge in [0.15, 0.2) is 0 Å². The van der Waals surface area contributed by atoms with Gasteiger partial charge in [0.25, 0.3) is 0 Å². The normalized spacial score (nSPS) is 10.3. The van der Waals surface area contributed by atoms with Crippen LogP contribution in [0.1, 0.15) is 20.8 Å². The summed E-state index contributed by atoms with van der Waals surface area (Å²) in [7, 11) is 1.34. The number of hydrogen-bond donors (Lipinski definition) is 2. The van der Waals surface area contributed by atoms with Gasteiger partial charge in [-0.2, -0.15) is 0 Å². The molecule has 0 aliphatic heterocycles. The van der Waals surface area contributed by atoms with Crippen molar-refractivity contribution in [2.75, 3.05) is 17.7 Å². The number of hydrogen-bond acceptors (Lipinski definition) is 4. The number of rotatable bonds is 4. The van der Waals surface area contributed by atoms with E-state index in [-0.39, 0.29) is 0 Å². The number of aryl methyl sites for hydroxylation is 2. The lowest BCUT2D eigenvalue weighted by atomic mass is 10.0. The van der Waals surface area contributed by atoms with E-state index in [1.807, 2.05) is 56.3 Å². The topological polar surface area (TPSA) is 67.4 Å². The highest BCUT2D eigenvalue weighted by Crippen LogP contribution is 2.40. The predicted octanol–water partition coefficient (Wildman–Crippen LogP) is 5.46. The van der Waals surface area contributed by atoms with E-state index in [9.17, 15) is 9.59 Å². The molecule has 1 heterocycles. The molecule has 138 valence electrons. The largest absolute Gasteiger partial charge is 0.465 e. The van der Waals surface area contributed by atoms with Crippen molar-refractivity contribution in [3.05, 3.63) is 70.6 Å². The molecule has 0 atom stereocenters. The maximum atomic E-state index is 12.5. The zero-order chi connectivity index (χ0) is 19.4. The third-order valence-corrected chi connectivity index (χ3v) is 5.09. The van der Waals surface area contributed by atoms with E-state index in [1.165, 1.54) is 18.4 Å². The number of methoxy groups -OCH3 is 1. The van der Waals surface area contributed by atoms with Crippen molar-refractivity contribution in [3.63, 3.8) is 0 Å². The number of carbonyl (C=O) groups excluding carboxylic acids is 2. The van der Waals surface area contributed by atoms with Crippen LogP contribution in [0.4, 0.5) is 15.5 Å². The molecule has 0 unspecified atom stereocenters. The third kappa shape index (κ3) is 4.17. The van der Waals surface area contributed by atoms with Crippen LogP contribution in [0.5, 0.6) is 0 Å². The van der Waals surface area contributed by atoms with Crippen molar-refractivity contribution >= 4 is 34.0 Å². The second kappa shape index (κ2) is 8.05. The first-order chi connectivity index (χ1) is 13.0. The van der Waals surface area contributed by atoms with E-state index in [1.54, 1.807) is 12.1 Å². The van der Waals surface area contributed by atoms with Gasteiger partial charge in [-0.3, -0.25) is 5.32 Å². The molecule has 5 nitrogen and oxygen atoms in total. The molecule has 0 radical (unpaired) electrons. The van der Waals surface area contributed by atoms with Crippen LogP contribution >= 0.6 is 11.3 Å². The van der Waals surface area contributed by atoms with E-state index >= 15 is 0 Å². The molecule has 0 bridgehead atoms. The minimum absolute atomic E-state index is 0.368. The number of amides is 2. The lowest BCUT2D eigenvalue weighted by Gasteiger charge is -2.09. The van der Waals surface area contributed by atoms with Gasteiger partial charge in [0.1, 0.15) is 10.6 Å². The molecule has 0 aliphatic rings. The zero-order valence-corrected chi connectivity index (χ0v) is 16.1. The fourth-order valence-electron chi connectivity index (χ4n) is 2.78. The summed E-state index contributed by atoms with van der Waals surface area (Å²) in [4.78, 5) is 25.8. The van der Waals surface area contributed by atoms with Crippen molar-refractivity contribution in [2.24, 2.45) is 0 Å². The number of urea groups is 1. The van der Waals surface area contributed by atoms with E-state index in [0.29, 0.717) is 16.3 Å². The van der Waals surface area contributed by atoms with E-state index < -0.39 is 12.0 Å². The average molecular weight is 380 g/mol. The van der Waals surface area contributed by atoms with E-state index in [0.717, 1.165) is 21.6 Å². The summed E-state index contributed by atoms with van der Waals surface area (Å²) in [6.07, 6.45) is 0. The van der Waals surface area contributed by atoms with Crippen molar-refractivity contribution in [1.82, 2.24) is 0 Å². The average Bonchev–Trinajstić information content (AvgIpc) is 2.98. The highest BCUT2D eigenvalue weighted by atomic mass is 32.1. The Morgan fingerprint density at radius 3 is 2.22 bits per heavy atom. The summed E-state index contributed by atoms with van der Waals surface area (Å²) in [5.41, 5.74) is 3.86. The molecule has 2 amide bonds. The molecule has 1 aromatic heterocycles. The summed E-state index contributed by atoms with van der Waals surface area (Å²) >= 11 is 1.35. The number of nitrogens with one attached hydrogen (secondary N) is 2. The molecular weight excluding hydrogens is 360 g/mol. The molecule has 0 spiro atoms. The van der Waals surface area contributed by atoms with Crippen LogP contribution in [0.3, 0.4) is 0 Å². The van der Waals surface area contributed by atoms with Crippen LogP contribution in [0.15, 0.2) is 54.6 Å². The maximum absolute atomic E-state index is 12.5. The molecule has 2 aromatic carbocycles. The predicted molar refractivity (Wildman–Crippen MR) is 110 cm³/mol. The van der Waals surface area contributed by atoms with E-state index in [4.69, 9.17) is 4.74 Å². The van der Waals surface area contributed by atoms with Gasteiger partial charge in [0.2, 0.25) is 0 Å². The molecule has 6 heteroatoms. The maximum Gasteiger partial charge on any atom is 0.341 e. The molecule has 2 N–H and O–H groups in total. The van der Waals surface area contributed by atoms with Crippen molar-refractivity contribution in [1.29, 1.82) is 0 Å². The van der Waals surface area contributed by atoms with Gasteiger partial charge in [-0.05, 0) is 31.5 Å². The monoisotopic (exact) mass is 380 g/mol. The Kier molecular flexibility index (Phi) is 5.57. The molecule has 0 saturated carbocycles. The van der Waals surface area contributed by atoms with E-state index in [2.05, 4.69) is 10.6 Å². The zero-order valence-electron chi connectivity index (χ0n) is 15.3. The minimum atomic E-state index is -0.482. The fourth-order valence-corrected chi connectivity index (χ4v) is 3.84. The Morgan fingerprint density at radius 2 is 1.59 bits per heavy atom. The highest BCUT2D eigenvalue weighted by molar-refractivity contribution is 7.17. The lowest BCUT2D eigenvalue weighted by molar-refractivity contribution is 0.0603. The number of ether oxygens (including phenoxy) is 1. The number of esters is 1. The van der Waals surface area contributed by atoms with Crippen LogP contribution < -0.4 is 10.6 Å². The number of anilines is 2. The number of benzene rings is 2. The van der Waals surface area contributed by atoms with Gasteiger partial charge in [-0.25, -0.2) is 9.59 Å². The smallest absolute Gasteiger partial charge is 0.341 e. The van der Waals surface area contributed by atoms with Gasteiger partial charge >= 0.3 is 12.0 Å². The summed E-state index contributed by atoms with van der Waals surface area (Å²) < 4.78 is 4.97. The highest BCUT2D eigenvalue weighted by Gasteiger charge is 2.25. The standard InChI is InChI=1S/C21H20N2O3S/c1-13-9-11-15(12-10-13)17-14(2)27-19(18(17)20(24)26-3)23-21(25)22-16-7-5-4-6-8-16/h4-12H,1-3H3,(H2,22,23,25). The van der Waals surface area contributed by atoms with Crippen molar-refractivity contribution in [3.8, 4) is 11.1 Å². The summed E-state index contributed by atoms with van der Waals surface area (Å²) in [5, 5.41) is 6.00. The first-order valence-electron chi connectivity index (χ1n) is 8.41. The van der Waals surface area contributed by atoms with Crippen LogP contribution in [0.25, 0.3) is 11.1 Å². The summed E-state index contributed by atoms with van der Waals surface area (Å²) in [6, 6.07) is 16.6. The van der Waals surface area contributed by atoms with Crippen LogP contribution in [-0.4, -0.2) is 19.1 Å². The van der Waals surface area contributed by atoms with Crippen LogP contribution in [0.2, 0.25) is 0 Å². The first kappa shape index (κ1) is 18.7. The molecule has 0 fully saturated rings. The van der Waals surface area contributed by atoms with Crippen molar-refractivity contribution in [2.45, 2.75) is 13.8 Å². The quantitative estimate of drug-likeness (QED) is 0.590. The fraction of sp³-hybridized carbons (Fsp3) is 0.143. The van der Waals surface area contributed by atoms with Gasteiger partial charge in [0, 0.05) is 16.1 Å². The summed E-state index contributed by atoms with van der Waals surface area (Å²) in [5.74, 6) is -0.482. The van der Waals surface area contributed by atoms with Gasteiger partial charge < -0.3 is 10.1 Å². The molecule has 0 aliphatic carbocycles. The molecule has 3 rings (SSSR count). The number of thiophene rings is 1. The second-order valence-corrected chi connectivity index (χ2v) is 7.26. The SMILES string of the molecule is COC(=O)c1c(NC(=O)Nc2ccccc2)sc(C)c1-c1ccc(C)cc1. The Bertz CT molecular complexity index is 963. The molecule has 0 saturated heterocycles. The second-order valence-electron chi connectivity index (χ2n) is 6.04. The number of para-hydroxylation sites is 1. The Morgan fingerprint density at radius 1 is 0.926 bits per heavy atom. The Labute approximate surface area is 162 Å². The van der Waals surface area contributed by atoms with Gasteiger partial charge in [-0.15, -0.1) is 11.3 Å². The first-order valence-corrected chi connectivity index (χ1v) is 9.23. The lowest BCUT2D eigenvalue weighted by Crippen LogP contribution is -2.20.